The molecule has 1 aromatic carbocycles. The van der Waals surface area contributed by atoms with Gasteiger partial charge in [0, 0.05) is 4.88 Å². The number of hydrogen-bond acceptors (Lipinski definition) is 6. The average Bonchev–Trinajstić information content (AvgIpc) is 3.43. The summed E-state index contributed by atoms with van der Waals surface area (Å²) < 4.78 is 1.18. The number of aryl methyl sites for hydroxylation is 1. The third kappa shape index (κ3) is 3.64. The van der Waals surface area contributed by atoms with E-state index in [0.29, 0.717) is 17.1 Å². The van der Waals surface area contributed by atoms with Gasteiger partial charge >= 0.3 is 0 Å². The molecule has 1 aliphatic heterocycles. The van der Waals surface area contributed by atoms with Gasteiger partial charge in [-0.3, -0.25) is 14.5 Å². The summed E-state index contributed by atoms with van der Waals surface area (Å²) in [6.45, 7) is 1.17. The van der Waals surface area contributed by atoms with Gasteiger partial charge in [0.15, 0.2) is 0 Å². The van der Waals surface area contributed by atoms with Crippen LogP contribution in [0.15, 0.2) is 24.3 Å². The van der Waals surface area contributed by atoms with Crippen LogP contribution in [0, 0.1) is 0 Å². The molecule has 156 valence electrons. The molecule has 5 rings (SSSR count). The second-order valence-electron chi connectivity index (χ2n) is 7.98. The smallest absolute Gasteiger partial charge is 0.251 e. The topological polar surface area (TPSA) is 88.3 Å². The predicted octanol–water partition coefficient (Wildman–Crippen LogP) is 4.11. The molecule has 3 aromatic rings. The summed E-state index contributed by atoms with van der Waals surface area (Å²) in [5.41, 5.74) is 8.24. The number of carbonyl (C=O) groups is 2. The van der Waals surface area contributed by atoms with Gasteiger partial charge in [-0.2, -0.15) is 0 Å². The highest BCUT2D eigenvalue weighted by molar-refractivity contribution is 7.18. The predicted molar refractivity (Wildman–Crippen MR) is 121 cm³/mol. The Morgan fingerprint density at radius 1 is 1.17 bits per heavy atom. The molecular weight excluding hydrogens is 416 g/mol. The third-order valence-corrected chi connectivity index (χ3v) is 8.32. The lowest BCUT2D eigenvalue weighted by Crippen LogP contribution is -2.33. The zero-order valence-corrected chi connectivity index (χ0v) is 18.3. The van der Waals surface area contributed by atoms with Gasteiger partial charge in [-0.05, 0) is 62.8 Å². The Labute approximate surface area is 183 Å². The number of likely N-dealkylation sites (tertiary alicyclic amines) is 1. The first-order chi connectivity index (χ1) is 14.6. The Kier molecular flexibility index (Phi) is 5.30. The first kappa shape index (κ1) is 19.7. The highest BCUT2D eigenvalue weighted by Gasteiger charge is 2.31. The highest BCUT2D eigenvalue weighted by atomic mass is 32.1. The highest BCUT2D eigenvalue weighted by Crippen LogP contribution is 2.39. The van der Waals surface area contributed by atoms with Crippen molar-refractivity contribution < 1.29 is 9.59 Å². The Morgan fingerprint density at radius 2 is 2.00 bits per heavy atom. The van der Waals surface area contributed by atoms with E-state index in [2.05, 4.69) is 16.3 Å². The molecule has 2 amide bonds. The second-order valence-corrected chi connectivity index (χ2v) is 10.1. The Balaban J connectivity index is 1.33. The number of nitrogens with two attached hydrogens (primary N) is 1. The number of aromatic nitrogens is 1. The zero-order chi connectivity index (χ0) is 20.7. The number of para-hydroxylation sites is 1. The largest absolute Gasteiger partial charge is 0.365 e. The number of amides is 2. The minimum atomic E-state index is -0.446. The van der Waals surface area contributed by atoms with Crippen molar-refractivity contribution in [3.63, 3.8) is 0 Å². The van der Waals surface area contributed by atoms with E-state index in [0.717, 1.165) is 61.2 Å². The second kappa shape index (κ2) is 8.09. The Bertz CT molecular complexity index is 1090. The molecule has 3 N–H and O–H groups in total. The number of benzene rings is 1. The summed E-state index contributed by atoms with van der Waals surface area (Å²) in [4.78, 5) is 33.1. The number of hydrogen-bond donors (Lipinski definition) is 2. The van der Waals surface area contributed by atoms with Crippen LogP contribution in [-0.4, -0.2) is 34.8 Å². The maximum atomic E-state index is 12.9. The van der Waals surface area contributed by atoms with Gasteiger partial charge in [-0.1, -0.05) is 12.1 Å². The summed E-state index contributed by atoms with van der Waals surface area (Å²) in [5.74, 6) is -0.540. The van der Waals surface area contributed by atoms with Gasteiger partial charge in [0.2, 0.25) is 5.91 Å². The first-order valence-electron chi connectivity index (χ1n) is 10.4. The van der Waals surface area contributed by atoms with Crippen LogP contribution in [0.1, 0.15) is 57.5 Å². The van der Waals surface area contributed by atoms with Crippen molar-refractivity contribution in [3.05, 3.63) is 45.3 Å². The number of anilines is 1. The molecule has 1 aliphatic carbocycles. The number of thiophene rings is 1. The molecule has 2 aliphatic rings. The molecule has 1 saturated heterocycles. The molecule has 0 spiro atoms. The number of fused-ring (bicyclic) bond motifs is 2. The van der Waals surface area contributed by atoms with E-state index in [1.54, 1.807) is 11.3 Å². The summed E-state index contributed by atoms with van der Waals surface area (Å²) in [7, 11) is 0. The van der Waals surface area contributed by atoms with Crippen molar-refractivity contribution in [3.8, 4) is 0 Å². The fraction of sp³-hybridized carbons (Fsp3) is 0.409. The average molecular weight is 441 g/mol. The molecule has 1 atom stereocenters. The molecular formula is C22H24N4O2S2. The van der Waals surface area contributed by atoms with Crippen LogP contribution >= 0.6 is 22.7 Å². The van der Waals surface area contributed by atoms with Crippen molar-refractivity contribution >= 4 is 49.7 Å². The zero-order valence-electron chi connectivity index (χ0n) is 16.6. The number of nitrogens with zero attached hydrogens (tertiary/aromatic N) is 2. The molecule has 8 heteroatoms. The summed E-state index contributed by atoms with van der Waals surface area (Å²) in [6.07, 6.45) is 6.07. The summed E-state index contributed by atoms with van der Waals surface area (Å²) in [6, 6.07) is 8.32. The standard InChI is InChI=1S/C22H24N4O2S2/c23-20(28)19-13-6-1-3-9-16(13)29-22(19)25-18(27)12-26-11-5-8-15(26)21-24-14-7-2-4-10-17(14)30-21/h2,4,7,10,15H,1,3,5-6,8-9,11-12H2,(H2,23,28)(H,25,27). The van der Waals surface area contributed by atoms with E-state index >= 15 is 0 Å². The number of thiazole rings is 1. The minimum Gasteiger partial charge on any atom is -0.365 e. The Hall–Kier alpha value is -2.29. The van der Waals surface area contributed by atoms with Crippen LogP contribution < -0.4 is 11.1 Å². The molecule has 2 aromatic heterocycles. The normalized spacial score (nSPS) is 19.1. The van der Waals surface area contributed by atoms with Gasteiger partial charge in [0.25, 0.3) is 5.91 Å². The SMILES string of the molecule is NC(=O)c1c(NC(=O)CN2CCCC2c2nc3ccccc3s2)sc2c1CCCC2. The fourth-order valence-electron chi connectivity index (χ4n) is 4.59. The molecule has 0 saturated carbocycles. The first-order valence-corrected chi connectivity index (χ1v) is 12.1. The quantitative estimate of drug-likeness (QED) is 0.625. The molecule has 30 heavy (non-hydrogen) atoms. The molecule has 0 bridgehead atoms. The van der Waals surface area contributed by atoms with Gasteiger partial charge in [0.05, 0.1) is 28.4 Å². The van der Waals surface area contributed by atoms with Crippen molar-refractivity contribution in [2.24, 2.45) is 5.73 Å². The van der Waals surface area contributed by atoms with Gasteiger partial charge in [-0.15, -0.1) is 22.7 Å². The lowest BCUT2D eigenvalue weighted by atomic mass is 9.95. The van der Waals surface area contributed by atoms with Crippen LogP contribution in [-0.2, 0) is 17.6 Å². The van der Waals surface area contributed by atoms with Crippen LogP contribution in [0.25, 0.3) is 10.2 Å². The minimum absolute atomic E-state index is 0.0934. The van der Waals surface area contributed by atoms with Gasteiger partial charge in [0.1, 0.15) is 10.0 Å². The molecule has 1 unspecified atom stereocenters. The van der Waals surface area contributed by atoms with Crippen LogP contribution in [0.3, 0.4) is 0 Å². The van der Waals surface area contributed by atoms with Crippen LogP contribution in [0.4, 0.5) is 5.00 Å². The van der Waals surface area contributed by atoms with Gasteiger partial charge in [-0.25, -0.2) is 4.98 Å². The van der Waals surface area contributed by atoms with Crippen LogP contribution in [0.5, 0.6) is 0 Å². The number of carbonyl (C=O) groups excluding carboxylic acids is 2. The van der Waals surface area contributed by atoms with E-state index in [9.17, 15) is 9.59 Å². The molecule has 0 radical (unpaired) electrons. The third-order valence-electron chi connectivity index (χ3n) is 5.98. The molecule has 1 fully saturated rings. The van der Waals surface area contributed by atoms with Crippen molar-refractivity contribution in [1.82, 2.24) is 9.88 Å². The van der Waals surface area contributed by atoms with E-state index < -0.39 is 5.91 Å². The van der Waals surface area contributed by atoms with E-state index in [1.807, 2.05) is 18.2 Å². The van der Waals surface area contributed by atoms with E-state index in [1.165, 1.54) is 20.9 Å². The van der Waals surface area contributed by atoms with Crippen LogP contribution in [0.2, 0.25) is 0 Å². The van der Waals surface area contributed by atoms with E-state index in [4.69, 9.17) is 10.7 Å². The van der Waals surface area contributed by atoms with Gasteiger partial charge < -0.3 is 11.1 Å². The van der Waals surface area contributed by atoms with E-state index in [-0.39, 0.29) is 11.9 Å². The Morgan fingerprint density at radius 3 is 2.83 bits per heavy atom. The number of rotatable bonds is 5. The maximum Gasteiger partial charge on any atom is 0.251 e. The number of nitrogens with one attached hydrogen (secondary N) is 1. The lowest BCUT2D eigenvalue weighted by Gasteiger charge is -2.22. The molecule has 6 nitrogen and oxygen atoms in total. The molecule has 3 heterocycles. The maximum absolute atomic E-state index is 12.9. The monoisotopic (exact) mass is 440 g/mol. The number of primary amides is 1. The van der Waals surface area contributed by atoms with Crippen molar-refractivity contribution in [1.29, 1.82) is 0 Å². The summed E-state index contributed by atoms with van der Waals surface area (Å²) in [5, 5.41) is 4.69. The summed E-state index contributed by atoms with van der Waals surface area (Å²) >= 11 is 3.23. The lowest BCUT2D eigenvalue weighted by molar-refractivity contribution is -0.117. The fourth-order valence-corrected chi connectivity index (χ4v) is 7.04. The van der Waals surface area contributed by atoms with Crippen molar-refractivity contribution in [2.45, 2.75) is 44.6 Å². The van der Waals surface area contributed by atoms with Crippen molar-refractivity contribution in [2.75, 3.05) is 18.4 Å².